The van der Waals surface area contributed by atoms with Crippen LogP contribution in [0.3, 0.4) is 0 Å². The third-order valence-electron chi connectivity index (χ3n) is 2.52. The van der Waals surface area contributed by atoms with Crippen LogP contribution in [0, 0.1) is 5.41 Å². The van der Waals surface area contributed by atoms with Crippen LogP contribution in [0.25, 0.3) is 0 Å². The summed E-state index contributed by atoms with van der Waals surface area (Å²) in [6, 6.07) is 0. The Morgan fingerprint density at radius 2 is 2.13 bits per heavy atom. The molecule has 0 aromatic heterocycles. The second-order valence-electron chi connectivity index (χ2n) is 4.13. The van der Waals surface area contributed by atoms with Gasteiger partial charge in [0, 0.05) is 0 Å². The average molecular weight is 214 g/mol. The topological polar surface area (TPSA) is 69.7 Å². The van der Waals surface area contributed by atoms with Gasteiger partial charge in [-0.15, -0.1) is 0 Å². The molecule has 0 bridgehead atoms. The molecule has 0 N–H and O–H groups in total. The average Bonchev–Trinajstić information content (AvgIpc) is 2.45. The number of cyclic esters (lactones) is 2. The number of ether oxygens (including phenoxy) is 2. The summed E-state index contributed by atoms with van der Waals surface area (Å²) < 4.78 is 9.18. The zero-order chi connectivity index (χ0) is 11.6. The number of carbonyl (C=O) groups excluding carboxylic acids is 3. The van der Waals surface area contributed by atoms with Crippen LogP contribution < -0.4 is 0 Å². The Hall–Kier alpha value is -1.39. The third kappa shape index (κ3) is 2.55. The zero-order valence-electron chi connectivity index (χ0n) is 9.03. The SMILES string of the molecule is CCC(C)(C)C(=O)OC1CC(=O)OC1=O. The monoisotopic (exact) mass is 214 g/mol. The van der Waals surface area contributed by atoms with Gasteiger partial charge in [-0.25, -0.2) is 4.79 Å². The number of esters is 3. The van der Waals surface area contributed by atoms with Gasteiger partial charge in [-0.2, -0.15) is 0 Å². The molecule has 5 heteroatoms. The number of hydrogen-bond donors (Lipinski definition) is 0. The van der Waals surface area contributed by atoms with Crippen molar-refractivity contribution in [3.63, 3.8) is 0 Å². The van der Waals surface area contributed by atoms with Crippen molar-refractivity contribution in [3.05, 3.63) is 0 Å². The van der Waals surface area contributed by atoms with Gasteiger partial charge in [-0.3, -0.25) is 9.59 Å². The Kier molecular flexibility index (Phi) is 3.12. The van der Waals surface area contributed by atoms with E-state index >= 15 is 0 Å². The highest BCUT2D eigenvalue weighted by molar-refractivity contribution is 5.97. The standard InChI is InChI=1S/C10H14O5/c1-4-10(2,3)9(13)14-6-5-7(11)15-8(6)12/h6H,4-5H2,1-3H3. The predicted molar refractivity (Wildman–Crippen MR) is 49.7 cm³/mol. The van der Waals surface area contributed by atoms with E-state index in [-0.39, 0.29) is 6.42 Å². The summed E-state index contributed by atoms with van der Waals surface area (Å²) in [6.45, 7) is 5.29. The van der Waals surface area contributed by atoms with Gasteiger partial charge in [0.25, 0.3) is 0 Å². The van der Waals surface area contributed by atoms with Gasteiger partial charge >= 0.3 is 17.9 Å². The maximum Gasteiger partial charge on any atom is 0.355 e. The van der Waals surface area contributed by atoms with Crippen LogP contribution in [0.2, 0.25) is 0 Å². The van der Waals surface area contributed by atoms with Gasteiger partial charge in [0.05, 0.1) is 11.8 Å². The van der Waals surface area contributed by atoms with Crippen molar-refractivity contribution in [3.8, 4) is 0 Å². The largest absolute Gasteiger partial charge is 0.449 e. The van der Waals surface area contributed by atoms with E-state index in [0.717, 1.165) is 0 Å². The van der Waals surface area contributed by atoms with Crippen LogP contribution in [0.1, 0.15) is 33.6 Å². The lowest BCUT2D eigenvalue weighted by Crippen LogP contribution is -2.32. The van der Waals surface area contributed by atoms with E-state index in [1.54, 1.807) is 13.8 Å². The van der Waals surface area contributed by atoms with Crippen LogP contribution in [-0.2, 0) is 23.9 Å². The molecule has 1 heterocycles. The highest BCUT2D eigenvalue weighted by atomic mass is 16.6. The summed E-state index contributed by atoms with van der Waals surface area (Å²) in [5.41, 5.74) is -0.647. The van der Waals surface area contributed by atoms with Crippen LogP contribution in [0.5, 0.6) is 0 Å². The van der Waals surface area contributed by atoms with E-state index in [1.165, 1.54) is 0 Å². The van der Waals surface area contributed by atoms with E-state index in [4.69, 9.17) is 4.74 Å². The third-order valence-corrected chi connectivity index (χ3v) is 2.52. The van der Waals surface area contributed by atoms with Crippen molar-refractivity contribution in [2.24, 2.45) is 5.41 Å². The fourth-order valence-corrected chi connectivity index (χ4v) is 0.977. The molecule has 15 heavy (non-hydrogen) atoms. The molecule has 1 fully saturated rings. The van der Waals surface area contributed by atoms with Gasteiger partial charge in [-0.1, -0.05) is 6.92 Å². The predicted octanol–water partition coefficient (Wildman–Crippen LogP) is 0.808. The van der Waals surface area contributed by atoms with Crippen LogP contribution in [0.4, 0.5) is 0 Å². The van der Waals surface area contributed by atoms with Crippen LogP contribution >= 0.6 is 0 Å². The summed E-state index contributed by atoms with van der Waals surface area (Å²) >= 11 is 0. The van der Waals surface area contributed by atoms with E-state index in [9.17, 15) is 14.4 Å². The molecule has 0 spiro atoms. The van der Waals surface area contributed by atoms with Gasteiger partial charge in [0.2, 0.25) is 6.10 Å². The van der Waals surface area contributed by atoms with Crippen molar-refractivity contribution in [2.75, 3.05) is 0 Å². The molecule has 1 rings (SSSR count). The molecule has 0 amide bonds. The zero-order valence-corrected chi connectivity index (χ0v) is 9.03. The lowest BCUT2D eigenvalue weighted by Gasteiger charge is -2.21. The summed E-state index contributed by atoms with van der Waals surface area (Å²) in [5.74, 6) is -1.91. The second-order valence-corrected chi connectivity index (χ2v) is 4.13. The molecular weight excluding hydrogens is 200 g/mol. The number of carbonyl (C=O) groups is 3. The van der Waals surface area contributed by atoms with Crippen molar-refractivity contribution in [1.29, 1.82) is 0 Å². The summed E-state index contributed by atoms with van der Waals surface area (Å²) in [5, 5.41) is 0. The molecule has 1 aliphatic rings. The highest BCUT2D eigenvalue weighted by Gasteiger charge is 2.39. The number of hydrogen-bond acceptors (Lipinski definition) is 5. The van der Waals surface area contributed by atoms with Crippen molar-refractivity contribution >= 4 is 17.9 Å². The second kappa shape index (κ2) is 4.00. The maximum absolute atomic E-state index is 11.6. The van der Waals surface area contributed by atoms with E-state index < -0.39 is 29.4 Å². The Bertz CT molecular complexity index is 305. The molecule has 0 radical (unpaired) electrons. The lowest BCUT2D eigenvalue weighted by molar-refractivity contribution is -0.168. The Balaban J connectivity index is 2.60. The lowest BCUT2D eigenvalue weighted by atomic mass is 9.90. The molecule has 0 aliphatic carbocycles. The first-order chi connectivity index (χ1) is 6.86. The minimum absolute atomic E-state index is 0.176. The number of rotatable bonds is 3. The minimum Gasteiger partial charge on any atom is -0.449 e. The summed E-state index contributed by atoms with van der Waals surface area (Å²) in [6.07, 6.45) is -0.637. The highest BCUT2D eigenvalue weighted by Crippen LogP contribution is 2.24. The van der Waals surface area contributed by atoms with E-state index in [2.05, 4.69) is 4.74 Å². The molecule has 84 valence electrons. The molecule has 1 atom stereocenters. The van der Waals surface area contributed by atoms with Gasteiger partial charge < -0.3 is 9.47 Å². The molecule has 0 saturated carbocycles. The van der Waals surface area contributed by atoms with E-state index in [0.29, 0.717) is 6.42 Å². The minimum atomic E-state index is -1.06. The van der Waals surface area contributed by atoms with Crippen molar-refractivity contribution in [2.45, 2.75) is 39.7 Å². The molecule has 1 saturated heterocycles. The first kappa shape index (κ1) is 11.7. The molecule has 5 nitrogen and oxygen atoms in total. The van der Waals surface area contributed by atoms with Crippen LogP contribution in [-0.4, -0.2) is 24.0 Å². The molecule has 1 unspecified atom stereocenters. The summed E-state index contributed by atoms with van der Waals surface area (Å²) in [4.78, 5) is 33.3. The Morgan fingerprint density at radius 3 is 2.53 bits per heavy atom. The van der Waals surface area contributed by atoms with Crippen molar-refractivity contribution in [1.82, 2.24) is 0 Å². The summed E-state index contributed by atoms with van der Waals surface area (Å²) in [7, 11) is 0. The fourth-order valence-electron chi connectivity index (χ4n) is 0.977. The molecule has 1 aliphatic heterocycles. The van der Waals surface area contributed by atoms with Gasteiger partial charge in [0.15, 0.2) is 0 Å². The Morgan fingerprint density at radius 1 is 1.53 bits per heavy atom. The molecule has 0 aromatic rings. The fraction of sp³-hybridized carbons (Fsp3) is 0.700. The first-order valence-corrected chi connectivity index (χ1v) is 4.82. The van der Waals surface area contributed by atoms with Crippen LogP contribution in [0.15, 0.2) is 0 Å². The first-order valence-electron chi connectivity index (χ1n) is 4.82. The van der Waals surface area contributed by atoms with Gasteiger partial charge in [-0.05, 0) is 20.3 Å². The van der Waals surface area contributed by atoms with Crippen molar-refractivity contribution < 1.29 is 23.9 Å². The maximum atomic E-state index is 11.6. The normalized spacial score (nSPS) is 21.4. The van der Waals surface area contributed by atoms with E-state index in [1.807, 2.05) is 6.92 Å². The molecular formula is C10H14O5. The Labute approximate surface area is 87.7 Å². The van der Waals surface area contributed by atoms with Gasteiger partial charge in [0.1, 0.15) is 0 Å². The smallest absolute Gasteiger partial charge is 0.355 e. The quantitative estimate of drug-likeness (QED) is 0.513. The molecule has 0 aromatic carbocycles.